The lowest BCUT2D eigenvalue weighted by Crippen LogP contribution is -1.90. The lowest BCUT2D eigenvalue weighted by atomic mass is 10.3. The van der Waals surface area contributed by atoms with E-state index in [0.717, 1.165) is 12.1 Å². The standard InChI is InChI=1S/C6H5FNO2S/c7-11(9,10)6-3-1-5(8)2-4-6/h1-4,8H. The molecule has 0 aromatic heterocycles. The Balaban J connectivity index is 3.20. The van der Waals surface area contributed by atoms with Crippen LogP contribution in [-0.2, 0) is 10.2 Å². The van der Waals surface area contributed by atoms with Crippen LogP contribution < -0.4 is 5.73 Å². The van der Waals surface area contributed by atoms with Gasteiger partial charge in [-0.15, -0.1) is 3.89 Å². The average Bonchev–Trinajstić information content (AvgIpc) is 1.86. The molecule has 5 heteroatoms. The van der Waals surface area contributed by atoms with Gasteiger partial charge in [-0.25, -0.2) is 0 Å². The summed E-state index contributed by atoms with van der Waals surface area (Å²) in [6, 6.07) is 4.54. The largest absolute Gasteiger partial charge is 0.332 e. The third kappa shape index (κ3) is 1.91. The monoisotopic (exact) mass is 174 g/mol. The normalized spacial score (nSPS) is 11.4. The maximum absolute atomic E-state index is 12.2. The molecule has 1 rings (SSSR count). The van der Waals surface area contributed by atoms with Gasteiger partial charge in [-0.1, -0.05) is 0 Å². The van der Waals surface area contributed by atoms with Crippen molar-refractivity contribution in [2.75, 3.05) is 0 Å². The van der Waals surface area contributed by atoms with Crippen molar-refractivity contribution < 1.29 is 12.3 Å². The fourth-order valence-electron chi connectivity index (χ4n) is 0.617. The fourth-order valence-corrected chi connectivity index (χ4v) is 1.08. The molecule has 3 nitrogen and oxygen atoms in total. The first-order valence-electron chi connectivity index (χ1n) is 2.76. The molecule has 1 radical (unpaired) electrons. The Morgan fingerprint density at radius 3 is 2.00 bits per heavy atom. The summed E-state index contributed by atoms with van der Waals surface area (Å²) < 4.78 is 32.6. The summed E-state index contributed by atoms with van der Waals surface area (Å²) in [7, 11) is -4.60. The zero-order valence-corrected chi connectivity index (χ0v) is 6.23. The first-order chi connectivity index (χ1) is 5.00. The van der Waals surface area contributed by atoms with Gasteiger partial charge < -0.3 is 5.73 Å². The minimum atomic E-state index is -4.60. The summed E-state index contributed by atoms with van der Waals surface area (Å²) in [5.74, 6) is 0. The predicted octanol–water partition coefficient (Wildman–Crippen LogP) is 1.26. The van der Waals surface area contributed by atoms with Gasteiger partial charge in [-0.2, -0.15) is 8.42 Å². The average molecular weight is 174 g/mol. The molecule has 0 unspecified atom stereocenters. The van der Waals surface area contributed by atoms with Crippen molar-refractivity contribution in [3.05, 3.63) is 24.3 Å². The topological polar surface area (TPSA) is 57.9 Å². The van der Waals surface area contributed by atoms with E-state index >= 15 is 0 Å². The molecule has 0 aliphatic rings. The Morgan fingerprint density at radius 2 is 1.64 bits per heavy atom. The van der Waals surface area contributed by atoms with Crippen LogP contribution >= 0.6 is 0 Å². The van der Waals surface area contributed by atoms with Crippen molar-refractivity contribution >= 4 is 15.9 Å². The highest BCUT2D eigenvalue weighted by Crippen LogP contribution is 2.13. The number of nitrogens with one attached hydrogen (secondary N) is 1. The van der Waals surface area contributed by atoms with E-state index in [0.29, 0.717) is 0 Å². The van der Waals surface area contributed by atoms with Crippen molar-refractivity contribution in [1.82, 2.24) is 5.73 Å². The number of rotatable bonds is 1. The second-order valence-corrected chi connectivity index (χ2v) is 3.31. The molecule has 0 bridgehead atoms. The number of hydrogen-bond acceptors (Lipinski definition) is 2. The maximum Gasteiger partial charge on any atom is 0.332 e. The minimum absolute atomic E-state index is 0.150. The molecule has 0 saturated heterocycles. The molecule has 0 heterocycles. The second kappa shape index (κ2) is 2.50. The van der Waals surface area contributed by atoms with Gasteiger partial charge in [0.05, 0.1) is 10.6 Å². The number of halogens is 1. The SMILES string of the molecule is [NH]c1ccc(S(=O)(=O)F)cc1. The van der Waals surface area contributed by atoms with E-state index < -0.39 is 15.1 Å². The molecular weight excluding hydrogens is 169 g/mol. The Hall–Kier alpha value is -1.10. The van der Waals surface area contributed by atoms with E-state index in [1.54, 1.807) is 0 Å². The first kappa shape index (κ1) is 8.00. The summed E-state index contributed by atoms with van der Waals surface area (Å²) in [5.41, 5.74) is 7.13. The van der Waals surface area contributed by atoms with Crippen LogP contribution in [0.4, 0.5) is 9.57 Å². The van der Waals surface area contributed by atoms with Gasteiger partial charge in [0.2, 0.25) is 0 Å². The summed E-state index contributed by atoms with van der Waals surface area (Å²) in [5, 5.41) is 0. The Morgan fingerprint density at radius 1 is 1.18 bits per heavy atom. The minimum Gasteiger partial charge on any atom is -0.301 e. The molecule has 0 aliphatic heterocycles. The smallest absolute Gasteiger partial charge is 0.301 e. The third-order valence-corrected chi connectivity index (χ3v) is 1.97. The van der Waals surface area contributed by atoms with Crippen molar-refractivity contribution in [1.29, 1.82) is 0 Å². The Labute approximate surface area is 63.9 Å². The number of benzene rings is 1. The second-order valence-electron chi connectivity index (χ2n) is 1.96. The van der Waals surface area contributed by atoms with Gasteiger partial charge in [-0.3, -0.25) is 0 Å². The molecule has 0 aliphatic carbocycles. The van der Waals surface area contributed by atoms with E-state index in [1.165, 1.54) is 12.1 Å². The van der Waals surface area contributed by atoms with Crippen molar-refractivity contribution in [3.63, 3.8) is 0 Å². The van der Waals surface area contributed by atoms with Crippen LogP contribution in [0.3, 0.4) is 0 Å². The highest BCUT2D eigenvalue weighted by Gasteiger charge is 2.09. The molecule has 0 saturated carbocycles. The third-order valence-electron chi connectivity index (χ3n) is 1.14. The molecule has 59 valence electrons. The summed E-state index contributed by atoms with van der Waals surface area (Å²) >= 11 is 0. The molecule has 1 aromatic carbocycles. The molecule has 0 atom stereocenters. The molecule has 1 aromatic rings. The highest BCUT2D eigenvalue weighted by molar-refractivity contribution is 7.86. The Kier molecular flexibility index (Phi) is 1.82. The van der Waals surface area contributed by atoms with E-state index in [1.807, 2.05) is 0 Å². The highest BCUT2D eigenvalue weighted by atomic mass is 32.3. The molecule has 1 N–H and O–H groups in total. The van der Waals surface area contributed by atoms with Crippen LogP contribution in [0.1, 0.15) is 0 Å². The zero-order valence-electron chi connectivity index (χ0n) is 5.41. The molecule has 0 fully saturated rings. The van der Waals surface area contributed by atoms with Crippen LogP contribution in [0, 0.1) is 0 Å². The van der Waals surface area contributed by atoms with E-state index in [4.69, 9.17) is 5.73 Å². The lowest BCUT2D eigenvalue weighted by Gasteiger charge is -1.93. The molecule has 0 amide bonds. The van der Waals surface area contributed by atoms with Crippen molar-refractivity contribution in [3.8, 4) is 0 Å². The molecular formula is C6H5FNO2S. The lowest BCUT2D eigenvalue weighted by molar-refractivity contribution is 0.552. The zero-order chi connectivity index (χ0) is 8.48. The molecule has 11 heavy (non-hydrogen) atoms. The van der Waals surface area contributed by atoms with E-state index in [9.17, 15) is 12.3 Å². The van der Waals surface area contributed by atoms with Crippen LogP contribution in [0.25, 0.3) is 0 Å². The van der Waals surface area contributed by atoms with Gasteiger partial charge in [0.15, 0.2) is 0 Å². The molecule has 0 spiro atoms. The van der Waals surface area contributed by atoms with Crippen molar-refractivity contribution in [2.24, 2.45) is 0 Å². The van der Waals surface area contributed by atoms with Crippen molar-refractivity contribution in [2.45, 2.75) is 4.90 Å². The van der Waals surface area contributed by atoms with Gasteiger partial charge in [0, 0.05) is 0 Å². The maximum atomic E-state index is 12.2. The fraction of sp³-hybridized carbons (Fsp3) is 0. The van der Waals surface area contributed by atoms with Crippen LogP contribution in [0.2, 0.25) is 0 Å². The first-order valence-corrected chi connectivity index (χ1v) is 4.15. The van der Waals surface area contributed by atoms with Gasteiger partial charge in [-0.05, 0) is 24.3 Å². The number of hydrogen-bond donors (Lipinski definition) is 0. The van der Waals surface area contributed by atoms with Crippen LogP contribution in [0.15, 0.2) is 29.2 Å². The summed E-state index contributed by atoms with van der Waals surface area (Å²) in [6.45, 7) is 0. The van der Waals surface area contributed by atoms with Gasteiger partial charge >= 0.3 is 10.2 Å². The van der Waals surface area contributed by atoms with E-state index in [-0.39, 0.29) is 5.69 Å². The van der Waals surface area contributed by atoms with Gasteiger partial charge in [0.25, 0.3) is 0 Å². The van der Waals surface area contributed by atoms with Gasteiger partial charge in [0.1, 0.15) is 0 Å². The van der Waals surface area contributed by atoms with Crippen LogP contribution in [-0.4, -0.2) is 8.42 Å². The van der Waals surface area contributed by atoms with Crippen LogP contribution in [0.5, 0.6) is 0 Å². The summed E-state index contributed by atoms with van der Waals surface area (Å²) in [4.78, 5) is -0.409. The Bertz CT molecular complexity index is 343. The van der Waals surface area contributed by atoms with E-state index in [2.05, 4.69) is 0 Å². The summed E-state index contributed by atoms with van der Waals surface area (Å²) in [6.07, 6.45) is 0. The predicted molar refractivity (Wildman–Crippen MR) is 37.5 cm³/mol. The quantitative estimate of drug-likeness (QED) is 0.602.